The molecule has 0 radical (unpaired) electrons. The summed E-state index contributed by atoms with van der Waals surface area (Å²) in [4.78, 5) is 3.57. The molecule has 1 N–H and O–H groups in total. The molecule has 0 unspecified atom stereocenters. The number of H-pyrrole nitrogens is 1. The second-order valence-corrected chi connectivity index (χ2v) is 7.39. The molecule has 0 atom stereocenters. The summed E-state index contributed by atoms with van der Waals surface area (Å²) in [7, 11) is 0. The SMILES string of the molecule is Ic1c2sc3ccccc3c2cc2[nH]c3ccccc3c12. The van der Waals surface area contributed by atoms with E-state index in [9.17, 15) is 0 Å². The zero-order chi connectivity index (χ0) is 14.0. The van der Waals surface area contributed by atoms with Crippen LogP contribution in [0.3, 0.4) is 0 Å². The van der Waals surface area contributed by atoms with Gasteiger partial charge in [0.05, 0.1) is 0 Å². The Kier molecular flexibility index (Phi) is 2.41. The van der Waals surface area contributed by atoms with Gasteiger partial charge in [0, 0.05) is 45.5 Å². The Labute approximate surface area is 138 Å². The summed E-state index contributed by atoms with van der Waals surface area (Å²) >= 11 is 4.40. The van der Waals surface area contributed by atoms with Crippen molar-refractivity contribution < 1.29 is 0 Å². The van der Waals surface area contributed by atoms with Crippen LogP contribution in [-0.2, 0) is 0 Å². The van der Waals surface area contributed by atoms with Crippen molar-refractivity contribution in [1.29, 1.82) is 0 Å². The highest BCUT2D eigenvalue weighted by atomic mass is 127. The van der Waals surface area contributed by atoms with Crippen LogP contribution in [-0.4, -0.2) is 4.98 Å². The summed E-state index contributed by atoms with van der Waals surface area (Å²) in [5.41, 5.74) is 2.45. The number of halogens is 1. The summed E-state index contributed by atoms with van der Waals surface area (Å²) < 4.78 is 4.12. The third-order valence-corrected chi connectivity index (χ3v) is 6.73. The molecule has 0 fully saturated rings. The van der Waals surface area contributed by atoms with E-state index in [1.807, 2.05) is 11.3 Å². The molecular weight excluding hydrogens is 389 g/mol. The normalized spacial score (nSPS) is 12.0. The second-order valence-electron chi connectivity index (χ2n) is 5.26. The average molecular weight is 399 g/mol. The van der Waals surface area contributed by atoms with E-state index in [0.717, 1.165) is 0 Å². The zero-order valence-corrected chi connectivity index (χ0v) is 14.0. The second kappa shape index (κ2) is 4.21. The van der Waals surface area contributed by atoms with Crippen LogP contribution in [0.25, 0.3) is 42.0 Å². The fourth-order valence-electron chi connectivity index (χ4n) is 3.14. The molecule has 100 valence electrons. The van der Waals surface area contributed by atoms with Gasteiger partial charge >= 0.3 is 0 Å². The first-order chi connectivity index (χ1) is 10.3. The van der Waals surface area contributed by atoms with Crippen molar-refractivity contribution >= 4 is 75.9 Å². The van der Waals surface area contributed by atoms with Crippen molar-refractivity contribution in [3.05, 3.63) is 58.2 Å². The summed E-state index contributed by atoms with van der Waals surface area (Å²) in [5.74, 6) is 0. The van der Waals surface area contributed by atoms with Gasteiger partial charge in [-0.25, -0.2) is 0 Å². The zero-order valence-electron chi connectivity index (χ0n) is 11.0. The number of fused-ring (bicyclic) bond motifs is 6. The number of thiophene rings is 1. The summed E-state index contributed by atoms with van der Waals surface area (Å²) in [6.07, 6.45) is 0. The number of hydrogen-bond acceptors (Lipinski definition) is 1. The Bertz CT molecular complexity index is 1140. The van der Waals surface area contributed by atoms with Gasteiger partial charge in [0.1, 0.15) is 0 Å². The molecule has 2 aromatic heterocycles. The first kappa shape index (κ1) is 12.0. The molecule has 0 aliphatic rings. The fourth-order valence-corrected chi connectivity index (χ4v) is 5.46. The molecule has 0 saturated carbocycles. The summed E-state index contributed by atoms with van der Waals surface area (Å²) in [6.45, 7) is 0. The lowest BCUT2D eigenvalue weighted by molar-refractivity contribution is 1.56. The van der Waals surface area contributed by atoms with Gasteiger partial charge in [0.2, 0.25) is 0 Å². The van der Waals surface area contributed by atoms with Crippen molar-refractivity contribution in [1.82, 2.24) is 4.98 Å². The minimum Gasteiger partial charge on any atom is -0.354 e. The van der Waals surface area contributed by atoms with E-state index in [1.54, 1.807) is 0 Å². The van der Waals surface area contributed by atoms with Crippen LogP contribution in [0.4, 0.5) is 0 Å². The van der Waals surface area contributed by atoms with E-state index >= 15 is 0 Å². The Hall–Kier alpha value is -1.59. The van der Waals surface area contributed by atoms with E-state index in [4.69, 9.17) is 0 Å². The predicted molar refractivity (Wildman–Crippen MR) is 101 cm³/mol. The smallest absolute Gasteiger partial charge is 0.0496 e. The molecule has 3 heteroatoms. The molecule has 0 aliphatic carbocycles. The molecule has 3 aromatic carbocycles. The van der Waals surface area contributed by atoms with E-state index in [2.05, 4.69) is 82.2 Å². The van der Waals surface area contributed by atoms with Crippen molar-refractivity contribution in [3.63, 3.8) is 0 Å². The van der Waals surface area contributed by atoms with Gasteiger partial charge in [-0.1, -0.05) is 36.4 Å². The van der Waals surface area contributed by atoms with Crippen LogP contribution in [0.1, 0.15) is 0 Å². The lowest BCUT2D eigenvalue weighted by atomic mass is 10.1. The van der Waals surface area contributed by atoms with Gasteiger partial charge in [0.25, 0.3) is 0 Å². The summed E-state index contributed by atoms with van der Waals surface area (Å²) in [6, 6.07) is 19.5. The van der Waals surface area contributed by atoms with Gasteiger partial charge in [-0.2, -0.15) is 0 Å². The number of benzene rings is 3. The molecule has 0 bridgehead atoms. The predicted octanol–water partition coefficient (Wildman–Crippen LogP) is 6.29. The van der Waals surface area contributed by atoms with Crippen LogP contribution in [0.2, 0.25) is 0 Å². The van der Waals surface area contributed by atoms with E-state index in [1.165, 1.54) is 45.5 Å². The maximum atomic E-state index is 3.57. The molecular formula is C18H10INS. The first-order valence-electron chi connectivity index (χ1n) is 6.83. The Balaban J connectivity index is 2.10. The largest absolute Gasteiger partial charge is 0.354 e. The number of para-hydroxylation sites is 1. The molecule has 0 spiro atoms. The van der Waals surface area contributed by atoms with Crippen molar-refractivity contribution in [2.24, 2.45) is 0 Å². The molecule has 1 nitrogen and oxygen atoms in total. The van der Waals surface area contributed by atoms with Gasteiger partial charge < -0.3 is 4.98 Å². The minimum absolute atomic E-state index is 1.22. The van der Waals surface area contributed by atoms with Crippen molar-refractivity contribution in [3.8, 4) is 0 Å². The highest BCUT2D eigenvalue weighted by Gasteiger charge is 2.14. The quantitative estimate of drug-likeness (QED) is 0.295. The standard InChI is InChI=1S/C18H10INS/c19-17-16-11-6-1-3-7-13(11)20-14(16)9-12-10-5-2-4-8-15(10)21-18(12)17/h1-9,20H. The molecule has 5 rings (SSSR count). The highest BCUT2D eigenvalue weighted by molar-refractivity contribution is 14.1. The van der Waals surface area contributed by atoms with Crippen molar-refractivity contribution in [2.75, 3.05) is 0 Å². The van der Waals surface area contributed by atoms with Crippen LogP contribution >= 0.6 is 33.9 Å². The molecule has 2 heterocycles. The third kappa shape index (κ3) is 1.56. The lowest BCUT2D eigenvalue weighted by Gasteiger charge is -1.99. The van der Waals surface area contributed by atoms with Gasteiger partial charge in [-0.15, -0.1) is 11.3 Å². The number of nitrogens with one attached hydrogen (secondary N) is 1. The van der Waals surface area contributed by atoms with Gasteiger partial charge in [-0.05, 0) is 40.8 Å². The third-order valence-electron chi connectivity index (χ3n) is 4.08. The number of rotatable bonds is 0. The van der Waals surface area contributed by atoms with Crippen LogP contribution in [0.5, 0.6) is 0 Å². The number of aromatic amines is 1. The minimum atomic E-state index is 1.22. The molecule has 0 saturated heterocycles. The van der Waals surface area contributed by atoms with Crippen LogP contribution in [0.15, 0.2) is 54.6 Å². The average Bonchev–Trinajstić information content (AvgIpc) is 3.06. The topological polar surface area (TPSA) is 15.8 Å². The van der Waals surface area contributed by atoms with Crippen molar-refractivity contribution in [2.45, 2.75) is 0 Å². The summed E-state index contributed by atoms with van der Waals surface area (Å²) in [5, 5.41) is 5.39. The molecule has 0 amide bonds. The fraction of sp³-hybridized carbons (Fsp3) is 0. The number of aromatic nitrogens is 1. The molecule has 0 aliphatic heterocycles. The molecule has 21 heavy (non-hydrogen) atoms. The van der Waals surface area contributed by atoms with E-state index in [0.29, 0.717) is 0 Å². The Morgan fingerprint density at radius 3 is 2.48 bits per heavy atom. The van der Waals surface area contributed by atoms with E-state index < -0.39 is 0 Å². The maximum absolute atomic E-state index is 3.57. The molecule has 5 aromatic rings. The van der Waals surface area contributed by atoms with Crippen LogP contribution in [0, 0.1) is 3.57 Å². The highest BCUT2D eigenvalue weighted by Crippen LogP contribution is 2.41. The van der Waals surface area contributed by atoms with Gasteiger partial charge in [-0.3, -0.25) is 0 Å². The maximum Gasteiger partial charge on any atom is 0.0496 e. The first-order valence-corrected chi connectivity index (χ1v) is 8.72. The monoisotopic (exact) mass is 399 g/mol. The Morgan fingerprint density at radius 2 is 1.57 bits per heavy atom. The van der Waals surface area contributed by atoms with Gasteiger partial charge in [0.15, 0.2) is 0 Å². The Morgan fingerprint density at radius 1 is 0.810 bits per heavy atom. The van der Waals surface area contributed by atoms with Crippen LogP contribution < -0.4 is 0 Å². The number of hydrogen-bond donors (Lipinski definition) is 1. The lowest BCUT2D eigenvalue weighted by Crippen LogP contribution is -1.76. The van der Waals surface area contributed by atoms with E-state index in [-0.39, 0.29) is 0 Å².